The third-order valence-electron chi connectivity index (χ3n) is 2.76. The van der Waals surface area contributed by atoms with Crippen molar-refractivity contribution in [2.45, 2.75) is 13.5 Å². The Hall–Kier alpha value is -0.720. The lowest BCUT2D eigenvalue weighted by atomic mass is 10.2. The zero-order chi connectivity index (χ0) is 13.3. The number of imidazole rings is 1. The lowest BCUT2D eigenvalue weighted by Gasteiger charge is -2.12. The van der Waals surface area contributed by atoms with Crippen LogP contribution in [0.4, 0.5) is 4.39 Å². The van der Waals surface area contributed by atoms with Gasteiger partial charge in [0.25, 0.3) is 0 Å². The van der Waals surface area contributed by atoms with Crippen molar-refractivity contribution in [3.63, 3.8) is 0 Å². The molecule has 0 bridgehead atoms. The minimum atomic E-state index is -0.296. The summed E-state index contributed by atoms with van der Waals surface area (Å²) in [6.07, 6.45) is 0. The highest BCUT2D eigenvalue weighted by Gasteiger charge is 2.11. The Bertz CT molecular complexity index is 622. The molecule has 0 saturated carbocycles. The Balaban J connectivity index is 2.47. The van der Waals surface area contributed by atoms with E-state index in [9.17, 15) is 4.39 Å². The van der Waals surface area contributed by atoms with Gasteiger partial charge in [0.1, 0.15) is 5.82 Å². The molecular formula is C12H14BrFN2OS. The van der Waals surface area contributed by atoms with E-state index in [4.69, 9.17) is 17.0 Å². The summed E-state index contributed by atoms with van der Waals surface area (Å²) in [6, 6.07) is 3.20. The molecule has 0 saturated heterocycles. The highest BCUT2D eigenvalue weighted by atomic mass is 79.9. The summed E-state index contributed by atoms with van der Waals surface area (Å²) in [4.78, 5) is 3.02. The summed E-state index contributed by atoms with van der Waals surface area (Å²) in [5.74, 6) is 0.0420. The number of H-pyrrole nitrogens is 1. The van der Waals surface area contributed by atoms with Crippen LogP contribution in [-0.2, 0) is 11.3 Å². The van der Waals surface area contributed by atoms with Crippen LogP contribution >= 0.6 is 28.1 Å². The highest BCUT2D eigenvalue weighted by molar-refractivity contribution is 9.10. The second-order valence-corrected chi connectivity index (χ2v) is 5.63. The second kappa shape index (κ2) is 5.50. The van der Waals surface area contributed by atoms with Crippen LogP contribution in [0.5, 0.6) is 0 Å². The van der Waals surface area contributed by atoms with Crippen LogP contribution in [0.15, 0.2) is 16.6 Å². The summed E-state index contributed by atoms with van der Waals surface area (Å²) >= 11 is 8.47. The number of aromatic amines is 1. The smallest absolute Gasteiger partial charge is 0.178 e. The number of aromatic nitrogens is 2. The van der Waals surface area contributed by atoms with E-state index in [1.54, 1.807) is 13.2 Å². The van der Waals surface area contributed by atoms with Gasteiger partial charge in [0, 0.05) is 19.7 Å². The van der Waals surface area contributed by atoms with Gasteiger partial charge in [-0.1, -0.05) is 6.92 Å². The normalized spacial score (nSPS) is 13.1. The molecule has 2 rings (SSSR count). The lowest BCUT2D eigenvalue weighted by Crippen LogP contribution is -2.12. The topological polar surface area (TPSA) is 29.9 Å². The van der Waals surface area contributed by atoms with Crippen molar-refractivity contribution in [3.05, 3.63) is 27.2 Å². The van der Waals surface area contributed by atoms with Crippen LogP contribution in [0, 0.1) is 16.5 Å². The van der Waals surface area contributed by atoms with Crippen molar-refractivity contribution in [1.82, 2.24) is 9.55 Å². The van der Waals surface area contributed by atoms with E-state index in [-0.39, 0.29) is 5.82 Å². The number of hydrogen-bond acceptors (Lipinski definition) is 2. The molecule has 3 nitrogen and oxygen atoms in total. The summed E-state index contributed by atoms with van der Waals surface area (Å²) in [7, 11) is 1.68. The molecule has 2 aromatic rings. The molecule has 18 heavy (non-hydrogen) atoms. The number of halogens is 2. The van der Waals surface area contributed by atoms with Gasteiger partial charge in [-0.2, -0.15) is 0 Å². The standard InChI is InChI=1S/C12H14BrFN2OS/c1-7(6-17-2)5-16-11-3-8(13)9(14)4-10(11)15-12(16)18/h3-4,7H,5-6H2,1-2H3,(H,15,18). The van der Waals surface area contributed by atoms with E-state index < -0.39 is 0 Å². The van der Waals surface area contributed by atoms with Gasteiger partial charge in [0.15, 0.2) is 4.77 Å². The minimum absolute atomic E-state index is 0.296. The van der Waals surface area contributed by atoms with Crippen LogP contribution < -0.4 is 0 Å². The molecule has 0 aliphatic carbocycles. The first-order valence-corrected chi connectivity index (χ1v) is 6.79. The zero-order valence-electron chi connectivity index (χ0n) is 10.2. The van der Waals surface area contributed by atoms with Crippen molar-refractivity contribution >= 4 is 39.2 Å². The molecule has 0 fully saturated rings. The first-order chi connectivity index (χ1) is 8.52. The maximum absolute atomic E-state index is 13.4. The van der Waals surface area contributed by atoms with Crippen LogP contribution in [0.2, 0.25) is 0 Å². The summed E-state index contributed by atoms with van der Waals surface area (Å²) < 4.78 is 21.6. The van der Waals surface area contributed by atoms with Crippen LogP contribution in [0.1, 0.15) is 6.92 Å². The molecule has 0 amide bonds. The number of nitrogens with one attached hydrogen (secondary N) is 1. The largest absolute Gasteiger partial charge is 0.384 e. The third-order valence-corrected chi connectivity index (χ3v) is 3.69. The number of methoxy groups -OCH3 is 1. The zero-order valence-corrected chi connectivity index (χ0v) is 12.6. The molecule has 0 aliphatic heterocycles. The Morgan fingerprint density at radius 3 is 2.94 bits per heavy atom. The summed E-state index contributed by atoms with van der Waals surface area (Å²) in [6.45, 7) is 3.49. The SMILES string of the molecule is COCC(C)Cn1c(=S)[nH]c2cc(F)c(Br)cc21. The van der Waals surface area contributed by atoms with E-state index in [0.29, 0.717) is 27.3 Å². The van der Waals surface area contributed by atoms with Crippen molar-refractivity contribution in [1.29, 1.82) is 0 Å². The Morgan fingerprint density at radius 2 is 2.28 bits per heavy atom. The molecule has 1 N–H and O–H groups in total. The highest BCUT2D eigenvalue weighted by Crippen LogP contribution is 2.23. The molecule has 98 valence electrons. The maximum Gasteiger partial charge on any atom is 0.178 e. The number of ether oxygens (including phenoxy) is 1. The Morgan fingerprint density at radius 1 is 1.56 bits per heavy atom. The number of rotatable bonds is 4. The van der Waals surface area contributed by atoms with E-state index >= 15 is 0 Å². The summed E-state index contributed by atoms with van der Waals surface area (Å²) in [5, 5.41) is 0. The first-order valence-electron chi connectivity index (χ1n) is 5.59. The predicted octanol–water partition coefficient (Wildman–Crippen LogP) is 3.88. The van der Waals surface area contributed by atoms with Gasteiger partial charge in [-0.15, -0.1) is 0 Å². The molecule has 0 spiro atoms. The lowest BCUT2D eigenvalue weighted by molar-refractivity contribution is 0.152. The third kappa shape index (κ3) is 2.65. The van der Waals surface area contributed by atoms with E-state index in [0.717, 1.165) is 12.1 Å². The number of hydrogen-bond donors (Lipinski definition) is 1. The van der Waals surface area contributed by atoms with Gasteiger partial charge in [0.05, 0.1) is 22.1 Å². The average Bonchev–Trinajstić information content (AvgIpc) is 2.57. The van der Waals surface area contributed by atoms with Crippen molar-refractivity contribution in [2.24, 2.45) is 5.92 Å². The molecule has 1 heterocycles. The maximum atomic E-state index is 13.4. The first kappa shape index (κ1) is 13.7. The van der Waals surface area contributed by atoms with Crippen molar-refractivity contribution in [3.8, 4) is 0 Å². The molecule has 1 aromatic carbocycles. The van der Waals surface area contributed by atoms with Gasteiger partial charge >= 0.3 is 0 Å². The van der Waals surface area contributed by atoms with Gasteiger partial charge < -0.3 is 14.3 Å². The number of fused-ring (bicyclic) bond motifs is 1. The molecule has 1 atom stereocenters. The van der Waals surface area contributed by atoms with E-state index in [2.05, 4.69) is 27.8 Å². The molecule has 1 aromatic heterocycles. The minimum Gasteiger partial charge on any atom is -0.384 e. The van der Waals surface area contributed by atoms with Crippen molar-refractivity contribution < 1.29 is 9.13 Å². The molecule has 1 unspecified atom stereocenters. The average molecular weight is 333 g/mol. The predicted molar refractivity (Wildman–Crippen MR) is 75.8 cm³/mol. The Labute approximate surface area is 118 Å². The van der Waals surface area contributed by atoms with E-state index in [1.165, 1.54) is 6.07 Å². The fourth-order valence-electron chi connectivity index (χ4n) is 1.98. The summed E-state index contributed by atoms with van der Waals surface area (Å²) in [5.41, 5.74) is 1.61. The van der Waals surface area contributed by atoms with Gasteiger partial charge in [-0.05, 0) is 40.1 Å². The molecule has 6 heteroatoms. The van der Waals surface area contributed by atoms with Crippen LogP contribution in [-0.4, -0.2) is 23.3 Å². The van der Waals surface area contributed by atoms with Crippen LogP contribution in [0.3, 0.4) is 0 Å². The van der Waals surface area contributed by atoms with Crippen molar-refractivity contribution in [2.75, 3.05) is 13.7 Å². The quantitative estimate of drug-likeness (QED) is 0.861. The van der Waals surface area contributed by atoms with Gasteiger partial charge in [-0.25, -0.2) is 4.39 Å². The van der Waals surface area contributed by atoms with Gasteiger partial charge in [-0.3, -0.25) is 0 Å². The van der Waals surface area contributed by atoms with Gasteiger partial charge in [0.2, 0.25) is 0 Å². The fraction of sp³-hybridized carbons (Fsp3) is 0.417. The molecular weight excluding hydrogens is 319 g/mol. The van der Waals surface area contributed by atoms with E-state index in [1.807, 2.05) is 4.57 Å². The number of nitrogens with zero attached hydrogens (tertiary/aromatic N) is 1. The second-order valence-electron chi connectivity index (χ2n) is 4.38. The molecule has 0 aliphatic rings. The molecule has 0 radical (unpaired) electrons. The monoisotopic (exact) mass is 332 g/mol. The number of benzene rings is 1. The fourth-order valence-corrected chi connectivity index (χ4v) is 2.60. The Kier molecular flexibility index (Phi) is 4.19. The van der Waals surface area contributed by atoms with Crippen LogP contribution in [0.25, 0.3) is 11.0 Å².